The van der Waals surface area contributed by atoms with Crippen molar-refractivity contribution in [1.82, 2.24) is 4.90 Å². The van der Waals surface area contributed by atoms with E-state index in [9.17, 15) is 13.2 Å². The molecule has 0 spiro atoms. The molecule has 1 aliphatic rings. The molecule has 1 saturated heterocycles. The van der Waals surface area contributed by atoms with Gasteiger partial charge in [-0.2, -0.15) is 0 Å². The molecule has 1 aromatic rings. The zero-order chi connectivity index (χ0) is 15.3. The fourth-order valence-corrected chi connectivity index (χ4v) is 4.51. The molecule has 1 aliphatic heterocycles. The number of carbonyl (C=O) groups excluding carboxylic acids is 1. The van der Waals surface area contributed by atoms with Crippen LogP contribution in [-0.4, -0.2) is 43.3 Å². The van der Waals surface area contributed by atoms with Crippen LogP contribution in [-0.2, 0) is 21.1 Å². The predicted octanol–water partition coefficient (Wildman–Crippen LogP) is 2.04. The maximum Gasteiger partial charge on any atom is 0.222 e. The Labute approximate surface area is 127 Å². The number of rotatable bonds is 6. The van der Waals surface area contributed by atoms with E-state index < -0.39 is 9.84 Å². The van der Waals surface area contributed by atoms with Gasteiger partial charge in [-0.25, -0.2) is 8.42 Å². The van der Waals surface area contributed by atoms with Crippen LogP contribution in [0.3, 0.4) is 0 Å². The molecule has 0 bridgehead atoms. The SMILES string of the molecule is CCCC(=O)N(CCc1ccccc1)C1CCS(=O)(=O)C1. The van der Waals surface area contributed by atoms with Crippen molar-refractivity contribution in [2.45, 2.75) is 38.6 Å². The van der Waals surface area contributed by atoms with Crippen LogP contribution < -0.4 is 0 Å². The van der Waals surface area contributed by atoms with Gasteiger partial charge >= 0.3 is 0 Å². The van der Waals surface area contributed by atoms with E-state index in [4.69, 9.17) is 0 Å². The van der Waals surface area contributed by atoms with Gasteiger partial charge in [0, 0.05) is 19.0 Å². The minimum absolute atomic E-state index is 0.0792. The summed E-state index contributed by atoms with van der Waals surface area (Å²) in [5, 5.41) is 0. The van der Waals surface area contributed by atoms with E-state index in [0.29, 0.717) is 19.4 Å². The molecule has 2 rings (SSSR count). The molecular weight excluding hydrogens is 286 g/mol. The van der Waals surface area contributed by atoms with Gasteiger partial charge < -0.3 is 4.90 Å². The summed E-state index contributed by atoms with van der Waals surface area (Å²) in [6.07, 6.45) is 2.63. The molecule has 1 aromatic carbocycles. The minimum atomic E-state index is -2.97. The topological polar surface area (TPSA) is 54.5 Å². The molecular formula is C16H23NO3S. The number of amides is 1. The van der Waals surface area contributed by atoms with Gasteiger partial charge in [-0.05, 0) is 24.8 Å². The minimum Gasteiger partial charge on any atom is -0.338 e. The number of benzene rings is 1. The fourth-order valence-electron chi connectivity index (χ4n) is 2.78. The molecule has 0 aliphatic carbocycles. The summed E-state index contributed by atoms with van der Waals surface area (Å²) in [5.41, 5.74) is 1.17. The zero-order valence-electron chi connectivity index (χ0n) is 12.5. The fraction of sp³-hybridized carbons (Fsp3) is 0.562. The lowest BCUT2D eigenvalue weighted by Gasteiger charge is -2.28. The summed E-state index contributed by atoms with van der Waals surface area (Å²) in [4.78, 5) is 14.1. The summed E-state index contributed by atoms with van der Waals surface area (Å²) in [6, 6.07) is 9.85. The van der Waals surface area contributed by atoms with Gasteiger partial charge in [-0.15, -0.1) is 0 Å². The number of hydrogen-bond acceptors (Lipinski definition) is 3. The lowest BCUT2D eigenvalue weighted by atomic mass is 10.1. The van der Waals surface area contributed by atoms with Crippen molar-refractivity contribution in [1.29, 1.82) is 0 Å². The molecule has 1 amide bonds. The van der Waals surface area contributed by atoms with Crippen LogP contribution in [0.4, 0.5) is 0 Å². The van der Waals surface area contributed by atoms with Gasteiger partial charge in [0.05, 0.1) is 11.5 Å². The second-order valence-electron chi connectivity index (χ2n) is 5.63. The molecule has 1 heterocycles. The Hall–Kier alpha value is -1.36. The van der Waals surface area contributed by atoms with Crippen LogP contribution in [0.2, 0.25) is 0 Å². The molecule has 1 fully saturated rings. The first-order valence-electron chi connectivity index (χ1n) is 7.55. The van der Waals surface area contributed by atoms with E-state index in [1.165, 1.54) is 5.56 Å². The molecule has 0 N–H and O–H groups in total. The third kappa shape index (κ3) is 4.56. The average Bonchev–Trinajstić information content (AvgIpc) is 2.81. The smallest absolute Gasteiger partial charge is 0.222 e. The Morgan fingerprint density at radius 2 is 2.00 bits per heavy atom. The Morgan fingerprint density at radius 3 is 2.57 bits per heavy atom. The lowest BCUT2D eigenvalue weighted by Crippen LogP contribution is -2.42. The molecule has 21 heavy (non-hydrogen) atoms. The van der Waals surface area contributed by atoms with Gasteiger partial charge in [-0.1, -0.05) is 37.3 Å². The standard InChI is InChI=1S/C16H23NO3S/c1-2-6-16(18)17(15-10-12-21(19,20)13-15)11-9-14-7-4-3-5-8-14/h3-5,7-8,15H,2,6,9-13H2,1H3. The summed E-state index contributed by atoms with van der Waals surface area (Å²) >= 11 is 0. The molecule has 4 nitrogen and oxygen atoms in total. The number of carbonyl (C=O) groups is 1. The van der Waals surface area contributed by atoms with Crippen LogP contribution in [0.5, 0.6) is 0 Å². The van der Waals surface area contributed by atoms with E-state index in [1.807, 2.05) is 37.3 Å². The number of nitrogens with zero attached hydrogens (tertiary/aromatic N) is 1. The molecule has 0 aromatic heterocycles. The predicted molar refractivity (Wildman–Crippen MR) is 83.8 cm³/mol. The Balaban J connectivity index is 2.04. The third-order valence-electron chi connectivity index (χ3n) is 3.92. The Morgan fingerprint density at radius 1 is 1.29 bits per heavy atom. The molecule has 116 valence electrons. The number of hydrogen-bond donors (Lipinski definition) is 0. The van der Waals surface area contributed by atoms with Crippen LogP contribution in [0.15, 0.2) is 30.3 Å². The largest absolute Gasteiger partial charge is 0.338 e. The molecule has 1 unspecified atom stereocenters. The Kier molecular flexibility index (Phi) is 5.39. The summed E-state index contributed by atoms with van der Waals surface area (Å²) < 4.78 is 23.3. The van der Waals surface area contributed by atoms with E-state index >= 15 is 0 Å². The van der Waals surface area contributed by atoms with E-state index in [0.717, 1.165) is 12.8 Å². The van der Waals surface area contributed by atoms with Crippen molar-refractivity contribution in [3.8, 4) is 0 Å². The van der Waals surface area contributed by atoms with Crippen molar-refractivity contribution >= 4 is 15.7 Å². The first-order chi connectivity index (χ1) is 10.0. The van der Waals surface area contributed by atoms with E-state index in [2.05, 4.69) is 0 Å². The van der Waals surface area contributed by atoms with Crippen molar-refractivity contribution in [3.63, 3.8) is 0 Å². The highest BCUT2D eigenvalue weighted by molar-refractivity contribution is 7.91. The van der Waals surface area contributed by atoms with Gasteiger partial charge in [-0.3, -0.25) is 4.79 Å². The summed E-state index contributed by atoms with van der Waals surface area (Å²) in [7, 11) is -2.97. The maximum absolute atomic E-state index is 12.3. The normalized spacial score (nSPS) is 20.3. The van der Waals surface area contributed by atoms with E-state index in [-0.39, 0.29) is 23.5 Å². The third-order valence-corrected chi connectivity index (χ3v) is 5.67. The monoisotopic (exact) mass is 309 g/mol. The van der Waals surface area contributed by atoms with Gasteiger partial charge in [0.25, 0.3) is 0 Å². The van der Waals surface area contributed by atoms with Crippen LogP contribution in [0, 0.1) is 0 Å². The molecule has 1 atom stereocenters. The van der Waals surface area contributed by atoms with Gasteiger partial charge in [0.1, 0.15) is 0 Å². The quantitative estimate of drug-likeness (QED) is 0.808. The van der Waals surface area contributed by atoms with Gasteiger partial charge in [0.15, 0.2) is 9.84 Å². The zero-order valence-corrected chi connectivity index (χ0v) is 13.3. The first-order valence-corrected chi connectivity index (χ1v) is 9.38. The van der Waals surface area contributed by atoms with E-state index in [1.54, 1.807) is 4.90 Å². The lowest BCUT2D eigenvalue weighted by molar-refractivity contribution is -0.133. The number of sulfone groups is 1. The molecule has 5 heteroatoms. The van der Waals surface area contributed by atoms with Crippen molar-refractivity contribution in [2.24, 2.45) is 0 Å². The van der Waals surface area contributed by atoms with Crippen molar-refractivity contribution < 1.29 is 13.2 Å². The van der Waals surface area contributed by atoms with Crippen molar-refractivity contribution in [2.75, 3.05) is 18.1 Å². The van der Waals surface area contributed by atoms with Gasteiger partial charge in [0.2, 0.25) is 5.91 Å². The van der Waals surface area contributed by atoms with Crippen LogP contribution >= 0.6 is 0 Å². The maximum atomic E-state index is 12.3. The first kappa shape index (κ1) is 16.0. The second-order valence-corrected chi connectivity index (χ2v) is 7.86. The highest BCUT2D eigenvalue weighted by atomic mass is 32.2. The molecule has 0 radical (unpaired) electrons. The highest BCUT2D eigenvalue weighted by Gasteiger charge is 2.34. The van der Waals surface area contributed by atoms with Crippen LogP contribution in [0.25, 0.3) is 0 Å². The van der Waals surface area contributed by atoms with Crippen LogP contribution in [0.1, 0.15) is 31.7 Å². The molecule has 0 saturated carbocycles. The summed E-state index contributed by atoms with van der Waals surface area (Å²) in [6.45, 7) is 2.57. The summed E-state index contributed by atoms with van der Waals surface area (Å²) in [5.74, 6) is 0.409. The highest BCUT2D eigenvalue weighted by Crippen LogP contribution is 2.19. The Bertz CT molecular complexity index is 568. The van der Waals surface area contributed by atoms with Crippen molar-refractivity contribution in [3.05, 3.63) is 35.9 Å². The second kappa shape index (κ2) is 7.07. The average molecular weight is 309 g/mol.